The van der Waals surface area contributed by atoms with E-state index < -0.39 is 6.17 Å². The van der Waals surface area contributed by atoms with E-state index in [0.29, 0.717) is 31.1 Å². The molecule has 7 nitrogen and oxygen atoms in total. The summed E-state index contributed by atoms with van der Waals surface area (Å²) >= 11 is 0. The molecule has 3 N–H and O–H groups in total. The number of hydrogen-bond donors (Lipinski definition) is 3. The Balaban J connectivity index is 1.22. The second-order valence-electron chi connectivity index (χ2n) is 10.4. The monoisotopic (exact) mass is 422 g/mol. The molecule has 0 aromatic carbocycles. The molecule has 5 fully saturated rings. The molecular weight excluding hydrogens is 383 g/mol. The van der Waals surface area contributed by atoms with Crippen LogP contribution in [0.1, 0.15) is 39.0 Å². The maximum atomic E-state index is 14.4. The van der Waals surface area contributed by atoms with Gasteiger partial charge in [-0.25, -0.2) is 4.39 Å². The van der Waals surface area contributed by atoms with Gasteiger partial charge in [0.05, 0.1) is 18.4 Å². The van der Waals surface area contributed by atoms with Crippen LogP contribution >= 0.6 is 0 Å². The lowest BCUT2D eigenvalue weighted by molar-refractivity contribution is -0.125. The molecule has 8 heteroatoms. The second-order valence-corrected chi connectivity index (χ2v) is 10.4. The first-order chi connectivity index (χ1) is 14.5. The average molecular weight is 423 g/mol. The summed E-state index contributed by atoms with van der Waals surface area (Å²) in [5.74, 6) is 0.533. The highest BCUT2D eigenvalue weighted by Crippen LogP contribution is 2.38. The first-order valence-electron chi connectivity index (χ1n) is 12.1. The quantitative estimate of drug-likeness (QED) is 0.603. The van der Waals surface area contributed by atoms with Crippen LogP contribution in [0.25, 0.3) is 0 Å². The van der Waals surface area contributed by atoms with Crippen LogP contribution in [-0.4, -0.2) is 104 Å². The Hall–Kier alpha value is -0.800. The molecule has 5 rings (SSSR count). The minimum Gasteiger partial charge on any atom is -0.352 e. The van der Waals surface area contributed by atoms with Gasteiger partial charge in [0.2, 0.25) is 5.91 Å². The zero-order valence-electron chi connectivity index (χ0n) is 18.5. The lowest BCUT2D eigenvalue weighted by Gasteiger charge is -2.48. The minimum atomic E-state index is -0.760. The third-order valence-electron chi connectivity index (χ3n) is 8.50. The number of carbonyl (C=O) groups is 1. The molecule has 1 aliphatic carbocycles. The highest BCUT2D eigenvalue weighted by molar-refractivity contribution is 5.82. The van der Waals surface area contributed by atoms with Crippen LogP contribution in [0.15, 0.2) is 0 Å². The van der Waals surface area contributed by atoms with Crippen molar-refractivity contribution in [3.05, 3.63) is 0 Å². The van der Waals surface area contributed by atoms with E-state index in [9.17, 15) is 9.18 Å². The SMILES string of the molecule is CC1CCC(F)C2CC(C(=O)NC3CC4NCCN4C(N4CCN(C)CC4)C3)NC12. The summed E-state index contributed by atoms with van der Waals surface area (Å²) in [5, 5.41) is 10.5. The van der Waals surface area contributed by atoms with Gasteiger partial charge in [-0.2, -0.15) is 0 Å². The van der Waals surface area contributed by atoms with Gasteiger partial charge >= 0.3 is 0 Å². The van der Waals surface area contributed by atoms with E-state index >= 15 is 0 Å². The number of hydrogen-bond acceptors (Lipinski definition) is 6. The molecule has 8 unspecified atom stereocenters. The van der Waals surface area contributed by atoms with Gasteiger partial charge in [0.1, 0.15) is 6.17 Å². The molecule has 4 heterocycles. The second kappa shape index (κ2) is 8.62. The molecule has 0 aromatic rings. The molecule has 30 heavy (non-hydrogen) atoms. The lowest BCUT2D eigenvalue weighted by atomic mass is 9.77. The number of amides is 1. The fourth-order valence-corrected chi connectivity index (χ4v) is 6.66. The zero-order chi connectivity index (χ0) is 20.8. The van der Waals surface area contributed by atoms with E-state index in [1.807, 2.05) is 0 Å². The molecule has 0 radical (unpaired) electrons. The van der Waals surface area contributed by atoms with Crippen LogP contribution in [-0.2, 0) is 4.79 Å². The van der Waals surface area contributed by atoms with Crippen molar-refractivity contribution in [2.45, 2.75) is 75.7 Å². The summed E-state index contributed by atoms with van der Waals surface area (Å²) in [7, 11) is 2.19. The van der Waals surface area contributed by atoms with E-state index in [1.165, 1.54) is 0 Å². The molecule has 0 spiro atoms. The number of likely N-dealkylation sites (N-methyl/N-ethyl adjacent to an activating group) is 1. The highest BCUT2D eigenvalue weighted by atomic mass is 19.1. The Morgan fingerprint density at radius 3 is 2.63 bits per heavy atom. The van der Waals surface area contributed by atoms with Crippen molar-refractivity contribution >= 4 is 5.91 Å². The van der Waals surface area contributed by atoms with E-state index in [-0.39, 0.29) is 30.0 Å². The van der Waals surface area contributed by atoms with Crippen LogP contribution in [0.3, 0.4) is 0 Å². The summed E-state index contributed by atoms with van der Waals surface area (Å²) in [6.45, 7) is 8.71. The Kier molecular flexibility index (Phi) is 6.05. The maximum Gasteiger partial charge on any atom is 0.237 e. The van der Waals surface area contributed by atoms with Gasteiger partial charge in [0.25, 0.3) is 0 Å². The van der Waals surface area contributed by atoms with Gasteiger partial charge in [-0.3, -0.25) is 14.6 Å². The van der Waals surface area contributed by atoms with E-state index in [0.717, 1.165) is 58.5 Å². The molecule has 1 amide bonds. The molecule has 4 aliphatic heterocycles. The number of halogens is 1. The number of alkyl halides is 1. The predicted octanol–water partition coefficient (Wildman–Crippen LogP) is 0.185. The van der Waals surface area contributed by atoms with E-state index in [1.54, 1.807) is 0 Å². The van der Waals surface area contributed by atoms with Crippen molar-refractivity contribution in [3.8, 4) is 0 Å². The van der Waals surface area contributed by atoms with E-state index in [2.05, 4.69) is 44.6 Å². The molecule has 0 bridgehead atoms. The van der Waals surface area contributed by atoms with Crippen molar-refractivity contribution in [3.63, 3.8) is 0 Å². The Morgan fingerprint density at radius 1 is 1.07 bits per heavy atom. The number of rotatable bonds is 3. The lowest BCUT2D eigenvalue weighted by Crippen LogP contribution is -2.63. The van der Waals surface area contributed by atoms with Crippen LogP contribution < -0.4 is 16.0 Å². The zero-order valence-corrected chi connectivity index (χ0v) is 18.5. The van der Waals surface area contributed by atoms with Crippen molar-refractivity contribution in [1.82, 2.24) is 30.7 Å². The van der Waals surface area contributed by atoms with Crippen LogP contribution in [0.4, 0.5) is 4.39 Å². The fraction of sp³-hybridized carbons (Fsp3) is 0.955. The van der Waals surface area contributed by atoms with Gasteiger partial charge in [-0.1, -0.05) is 6.92 Å². The summed E-state index contributed by atoms with van der Waals surface area (Å²) in [6.07, 6.45) is 4.13. The minimum absolute atomic E-state index is 0.000865. The Labute approximate surface area is 180 Å². The van der Waals surface area contributed by atoms with Gasteiger partial charge in [0, 0.05) is 57.3 Å². The first-order valence-corrected chi connectivity index (χ1v) is 12.1. The van der Waals surface area contributed by atoms with Crippen molar-refractivity contribution in [2.75, 3.05) is 46.3 Å². The van der Waals surface area contributed by atoms with Crippen LogP contribution in [0, 0.1) is 11.8 Å². The standard InChI is InChI=1S/C22H39FN6O/c1-14-3-4-17(23)16-13-18(26-21(14)16)22(30)25-15-11-19-24-5-6-29(19)20(12-15)28-9-7-27(2)8-10-28/h14-21,24,26H,3-13H2,1-2H3,(H,25,30). The Morgan fingerprint density at radius 2 is 1.87 bits per heavy atom. The molecular formula is C22H39FN6O. The van der Waals surface area contributed by atoms with Gasteiger partial charge in [-0.05, 0) is 45.1 Å². The largest absolute Gasteiger partial charge is 0.352 e. The number of piperidine rings is 1. The third kappa shape index (κ3) is 4.01. The third-order valence-corrected chi connectivity index (χ3v) is 8.50. The Bertz CT molecular complexity index is 611. The normalized spacial score (nSPS) is 45.8. The van der Waals surface area contributed by atoms with Crippen molar-refractivity contribution in [2.24, 2.45) is 11.8 Å². The number of nitrogens with zero attached hydrogens (tertiary/aromatic N) is 3. The summed E-state index contributed by atoms with van der Waals surface area (Å²) in [5.41, 5.74) is 0. The fourth-order valence-electron chi connectivity index (χ4n) is 6.66. The van der Waals surface area contributed by atoms with Crippen molar-refractivity contribution in [1.29, 1.82) is 0 Å². The molecule has 5 aliphatic rings. The average Bonchev–Trinajstić information content (AvgIpc) is 3.39. The number of carbonyl (C=O) groups excluding carboxylic acids is 1. The molecule has 4 saturated heterocycles. The topological polar surface area (TPSA) is 62.9 Å². The number of nitrogens with one attached hydrogen (secondary N) is 3. The smallest absolute Gasteiger partial charge is 0.237 e. The maximum absolute atomic E-state index is 14.4. The molecule has 8 atom stereocenters. The first kappa shape index (κ1) is 21.1. The van der Waals surface area contributed by atoms with Crippen LogP contribution in [0.5, 0.6) is 0 Å². The summed E-state index contributed by atoms with van der Waals surface area (Å²) < 4.78 is 14.4. The number of piperazine rings is 1. The summed E-state index contributed by atoms with van der Waals surface area (Å²) in [6, 6.07) is 0.0911. The predicted molar refractivity (Wildman–Crippen MR) is 115 cm³/mol. The highest BCUT2D eigenvalue weighted by Gasteiger charge is 2.47. The van der Waals surface area contributed by atoms with Crippen LogP contribution in [0.2, 0.25) is 0 Å². The van der Waals surface area contributed by atoms with E-state index in [4.69, 9.17) is 0 Å². The summed E-state index contributed by atoms with van der Waals surface area (Å²) in [4.78, 5) is 20.7. The number of fused-ring (bicyclic) bond motifs is 2. The van der Waals surface area contributed by atoms with Crippen molar-refractivity contribution < 1.29 is 9.18 Å². The molecule has 170 valence electrons. The van der Waals surface area contributed by atoms with Gasteiger partial charge < -0.3 is 20.9 Å². The molecule has 1 saturated carbocycles. The molecule has 0 aromatic heterocycles. The van der Waals surface area contributed by atoms with Gasteiger partial charge in [0.15, 0.2) is 0 Å². The van der Waals surface area contributed by atoms with Gasteiger partial charge in [-0.15, -0.1) is 0 Å².